The molecular formula is C30H53BrN4Si2. The lowest BCUT2D eigenvalue weighted by molar-refractivity contribution is 0.252. The van der Waals surface area contributed by atoms with Crippen LogP contribution < -0.4 is 5.19 Å². The maximum Gasteiger partial charge on any atom is 0.375 e. The molecule has 0 radical (unpaired) electrons. The Morgan fingerprint density at radius 2 is 0.784 bits per heavy atom. The Morgan fingerprint density at radius 3 is 1.05 bits per heavy atom. The van der Waals surface area contributed by atoms with Crippen LogP contribution in [-0.2, 0) is 5.41 Å². The molecule has 1 aromatic carbocycles. The Labute approximate surface area is 238 Å². The summed E-state index contributed by atoms with van der Waals surface area (Å²) in [5.41, 5.74) is 1.28. The molecule has 2 heterocycles. The quantitative estimate of drug-likeness (QED) is 0.257. The fraction of sp³-hybridized carbons (Fsp3) is 0.667. The highest BCUT2D eigenvalue weighted by atomic mass is 79.9. The molecule has 0 aliphatic carbocycles. The molecule has 0 saturated heterocycles. The first kappa shape index (κ1) is 30.4. The van der Waals surface area contributed by atoms with Gasteiger partial charge in [-0.3, -0.25) is 0 Å². The summed E-state index contributed by atoms with van der Waals surface area (Å²) < 4.78 is 11.0. The summed E-state index contributed by atoms with van der Waals surface area (Å²) in [7, 11) is -2.76. The molecule has 0 fully saturated rings. The number of hydrogen-bond donors (Lipinski definition) is 0. The van der Waals surface area contributed by atoms with E-state index >= 15 is 0 Å². The van der Waals surface area contributed by atoms with E-state index in [-0.39, 0.29) is 27.6 Å². The molecule has 0 aromatic heterocycles. The van der Waals surface area contributed by atoms with Crippen LogP contribution in [0.4, 0.5) is 0 Å². The third-order valence-electron chi connectivity index (χ3n) is 7.55. The Balaban J connectivity index is 2.54. The van der Waals surface area contributed by atoms with Gasteiger partial charge in [0.1, 0.15) is 0 Å². The summed E-state index contributed by atoms with van der Waals surface area (Å²) in [5.74, 6) is 0. The third kappa shape index (κ3) is 4.86. The number of halogens is 1. The monoisotopic (exact) mass is 604 g/mol. The standard InChI is InChI=1S/C30H53BrN4Si2/c1-26(2,3)24-16-18-25(19-17-24)36(32(27(4,5)6)20-21-33(36)28(7,8)9)37(31)34(29(10,11)12)22-23-35(37)30(13,14)15/h16-23H,1-15H3. The predicted octanol–water partition coefficient (Wildman–Crippen LogP) is 7.42. The van der Waals surface area contributed by atoms with Gasteiger partial charge in [0.15, 0.2) is 0 Å². The van der Waals surface area contributed by atoms with E-state index in [1.54, 1.807) is 0 Å². The lowest BCUT2D eigenvalue weighted by atomic mass is 9.87. The molecule has 0 bridgehead atoms. The van der Waals surface area contributed by atoms with Crippen LogP contribution in [0.3, 0.4) is 0 Å². The van der Waals surface area contributed by atoms with Gasteiger partial charge in [-0.25, -0.2) is 0 Å². The Morgan fingerprint density at radius 1 is 0.486 bits per heavy atom. The lowest BCUT2D eigenvalue weighted by Crippen LogP contribution is -2.92. The van der Waals surface area contributed by atoms with E-state index in [2.05, 4.69) is 171 Å². The molecule has 0 N–H and O–H groups in total. The second-order valence-corrected chi connectivity index (χ2v) is 30.6. The second kappa shape index (κ2) is 8.92. The van der Waals surface area contributed by atoms with Crippen LogP contribution in [0.25, 0.3) is 0 Å². The number of rotatable bonds is 2. The largest absolute Gasteiger partial charge is 0.376 e. The summed E-state index contributed by atoms with van der Waals surface area (Å²) in [6.45, 7) is 32.7. The zero-order valence-corrected chi connectivity index (χ0v) is 29.9. The molecule has 7 heteroatoms. The first-order chi connectivity index (χ1) is 16.4. The van der Waals surface area contributed by atoms with Crippen molar-refractivity contribution >= 4 is 34.9 Å². The average Bonchev–Trinajstić information content (AvgIpc) is 3.27. The number of hydrogen-bond acceptors (Lipinski definition) is 4. The molecule has 0 spiro atoms. The van der Waals surface area contributed by atoms with Gasteiger partial charge in [-0.2, -0.15) is 0 Å². The minimum absolute atomic E-state index is 0.0483. The first-order valence-corrected chi connectivity index (χ1v) is 20.8. The topological polar surface area (TPSA) is 13.0 Å². The van der Waals surface area contributed by atoms with Crippen molar-refractivity contribution in [2.45, 2.75) is 131 Å². The van der Waals surface area contributed by atoms with Gasteiger partial charge < -0.3 is 18.3 Å². The molecule has 4 nitrogen and oxygen atoms in total. The minimum Gasteiger partial charge on any atom is -0.376 e. The fourth-order valence-corrected chi connectivity index (χ4v) is 33.9. The summed E-state index contributed by atoms with van der Waals surface area (Å²) in [6.07, 6.45) is 9.57. The average molecular weight is 606 g/mol. The van der Waals surface area contributed by atoms with Gasteiger partial charge in [0.25, 0.3) is 0 Å². The van der Waals surface area contributed by atoms with Crippen molar-refractivity contribution in [1.29, 1.82) is 0 Å². The van der Waals surface area contributed by atoms with Crippen LogP contribution in [0.15, 0.2) is 49.1 Å². The predicted molar refractivity (Wildman–Crippen MR) is 170 cm³/mol. The van der Waals surface area contributed by atoms with Crippen LogP contribution in [-0.4, -0.2) is 54.9 Å². The molecule has 0 amide bonds. The minimum atomic E-state index is -2.76. The zero-order chi connectivity index (χ0) is 28.6. The Kier molecular flexibility index (Phi) is 7.32. The van der Waals surface area contributed by atoms with Crippen molar-refractivity contribution in [2.75, 3.05) is 0 Å². The van der Waals surface area contributed by atoms with Crippen molar-refractivity contribution in [3.8, 4) is 0 Å². The van der Waals surface area contributed by atoms with E-state index in [0.29, 0.717) is 0 Å². The SMILES string of the molecule is CC(C)(C)c1ccc([Si]2([Si]3(Br)N(C(C)(C)C)C=CN3C(C)(C)C)N(C(C)(C)C)C=CN2C(C)(C)C)cc1. The van der Waals surface area contributed by atoms with E-state index in [0.717, 1.165) is 0 Å². The van der Waals surface area contributed by atoms with Gasteiger partial charge in [-0.1, -0.05) is 60.3 Å². The fourth-order valence-electron chi connectivity index (χ4n) is 5.97. The smallest absolute Gasteiger partial charge is 0.375 e. The molecule has 0 atom stereocenters. The van der Waals surface area contributed by atoms with Gasteiger partial charge in [0, 0.05) is 47.0 Å². The van der Waals surface area contributed by atoms with Crippen molar-refractivity contribution in [2.24, 2.45) is 0 Å². The Hall–Kier alpha value is -1.19. The van der Waals surface area contributed by atoms with Crippen LogP contribution >= 0.6 is 15.3 Å². The van der Waals surface area contributed by atoms with Crippen LogP contribution in [0.2, 0.25) is 0 Å². The molecule has 0 unspecified atom stereocenters. The molecule has 2 aliphatic rings. The van der Waals surface area contributed by atoms with Crippen molar-refractivity contribution < 1.29 is 0 Å². The highest BCUT2D eigenvalue weighted by Gasteiger charge is 2.76. The lowest BCUT2D eigenvalue weighted by Gasteiger charge is -2.63. The Bertz CT molecular complexity index is 996. The molecular weight excluding hydrogens is 552 g/mol. The summed E-state index contributed by atoms with van der Waals surface area (Å²) >= 11 is 4.76. The maximum atomic E-state index is 4.76. The number of benzene rings is 1. The van der Waals surface area contributed by atoms with Gasteiger partial charge >= 0.3 is 14.4 Å². The van der Waals surface area contributed by atoms with Crippen molar-refractivity contribution in [3.63, 3.8) is 0 Å². The molecule has 37 heavy (non-hydrogen) atoms. The normalized spacial score (nSPS) is 20.4. The van der Waals surface area contributed by atoms with Gasteiger partial charge in [0.2, 0.25) is 0 Å². The molecule has 0 saturated carbocycles. The maximum absolute atomic E-state index is 4.76. The van der Waals surface area contributed by atoms with Crippen LogP contribution in [0.5, 0.6) is 0 Å². The van der Waals surface area contributed by atoms with Gasteiger partial charge in [-0.05, 0) is 99.3 Å². The van der Waals surface area contributed by atoms with E-state index in [1.165, 1.54) is 10.8 Å². The summed E-state index contributed by atoms with van der Waals surface area (Å²) in [5, 5.41) is 1.46. The van der Waals surface area contributed by atoms with Crippen LogP contribution in [0.1, 0.15) is 109 Å². The molecule has 1 aromatic rings. The van der Waals surface area contributed by atoms with Gasteiger partial charge in [0.05, 0.1) is 0 Å². The molecule has 208 valence electrons. The third-order valence-corrected chi connectivity index (χ3v) is 29.2. The van der Waals surface area contributed by atoms with Crippen LogP contribution in [0, 0.1) is 0 Å². The van der Waals surface area contributed by atoms with E-state index in [9.17, 15) is 0 Å². The van der Waals surface area contributed by atoms with E-state index in [4.69, 9.17) is 15.3 Å². The number of nitrogens with zero attached hydrogens (tertiary/aromatic N) is 4. The summed E-state index contributed by atoms with van der Waals surface area (Å²) in [6, 6.07) is 9.71. The highest BCUT2D eigenvalue weighted by molar-refractivity contribution is 9.27. The second-order valence-electron chi connectivity index (χ2n) is 15.8. The van der Waals surface area contributed by atoms with E-state index in [1.807, 2.05) is 0 Å². The van der Waals surface area contributed by atoms with E-state index < -0.39 is 14.4 Å². The van der Waals surface area contributed by atoms with Crippen molar-refractivity contribution in [3.05, 3.63) is 54.6 Å². The highest BCUT2D eigenvalue weighted by Crippen LogP contribution is 2.51. The molecule has 3 rings (SSSR count). The molecule has 2 aliphatic heterocycles. The zero-order valence-electron chi connectivity index (χ0n) is 26.3. The first-order valence-electron chi connectivity index (χ1n) is 13.7. The summed E-state index contributed by atoms with van der Waals surface area (Å²) in [4.78, 5) is 0. The van der Waals surface area contributed by atoms with Gasteiger partial charge in [-0.15, -0.1) is 0 Å². The van der Waals surface area contributed by atoms with Crippen molar-refractivity contribution in [1.82, 2.24) is 18.3 Å².